The van der Waals surface area contributed by atoms with Crippen LogP contribution in [0.5, 0.6) is 0 Å². The molecule has 2 heterocycles. The Morgan fingerprint density at radius 3 is 2.72 bits per heavy atom. The molecule has 0 spiro atoms. The Morgan fingerprint density at radius 1 is 1.00 bits per heavy atom. The zero-order chi connectivity index (χ0) is 12.4. The highest BCUT2D eigenvalue weighted by molar-refractivity contribution is 6.33. The Balaban J connectivity index is 1.79. The standard InChI is InChI=1S/C15H21ClN2/c16-14-7-1-2-8-15(14)18-11-5-10-17-9-4-3-6-13(17)12-18/h1-2,7-8,13H,3-6,9-12H2. The molecule has 18 heavy (non-hydrogen) atoms. The van der Waals surface area contributed by atoms with Gasteiger partial charge in [0.2, 0.25) is 0 Å². The summed E-state index contributed by atoms with van der Waals surface area (Å²) in [5.74, 6) is 0. The molecular formula is C15H21ClN2. The molecule has 2 fully saturated rings. The van der Waals surface area contributed by atoms with Crippen LogP contribution >= 0.6 is 11.6 Å². The molecule has 1 unspecified atom stereocenters. The lowest BCUT2D eigenvalue weighted by molar-refractivity contribution is 0.162. The molecule has 2 aliphatic heterocycles. The van der Waals surface area contributed by atoms with Crippen LogP contribution in [0.4, 0.5) is 5.69 Å². The van der Waals surface area contributed by atoms with Gasteiger partial charge >= 0.3 is 0 Å². The minimum absolute atomic E-state index is 0.734. The second-order valence-corrected chi connectivity index (χ2v) is 5.84. The van der Waals surface area contributed by atoms with Gasteiger partial charge in [-0.3, -0.25) is 4.90 Å². The van der Waals surface area contributed by atoms with Crippen molar-refractivity contribution < 1.29 is 0 Å². The molecule has 3 rings (SSSR count). The topological polar surface area (TPSA) is 6.48 Å². The van der Waals surface area contributed by atoms with Gasteiger partial charge in [0, 0.05) is 25.7 Å². The van der Waals surface area contributed by atoms with Gasteiger partial charge in [-0.2, -0.15) is 0 Å². The summed E-state index contributed by atoms with van der Waals surface area (Å²) in [5, 5.41) is 0.891. The zero-order valence-corrected chi connectivity index (χ0v) is 11.6. The first-order valence-electron chi connectivity index (χ1n) is 7.08. The largest absolute Gasteiger partial charge is 0.369 e. The van der Waals surface area contributed by atoms with Crippen LogP contribution in [0, 0.1) is 0 Å². The van der Waals surface area contributed by atoms with Crippen LogP contribution < -0.4 is 4.90 Å². The molecule has 1 aromatic carbocycles. The minimum Gasteiger partial charge on any atom is -0.369 e. The van der Waals surface area contributed by atoms with Gasteiger partial charge in [-0.05, 0) is 37.9 Å². The van der Waals surface area contributed by atoms with Crippen molar-refractivity contribution in [2.45, 2.75) is 31.7 Å². The molecule has 2 nitrogen and oxygen atoms in total. The van der Waals surface area contributed by atoms with Crippen LogP contribution in [-0.4, -0.2) is 37.1 Å². The normalized spacial score (nSPS) is 25.6. The second kappa shape index (κ2) is 5.50. The van der Waals surface area contributed by atoms with E-state index in [1.165, 1.54) is 44.5 Å². The van der Waals surface area contributed by atoms with Gasteiger partial charge in [0.25, 0.3) is 0 Å². The zero-order valence-electron chi connectivity index (χ0n) is 10.8. The number of halogens is 1. The summed E-state index contributed by atoms with van der Waals surface area (Å²) in [6, 6.07) is 8.99. The molecule has 0 radical (unpaired) electrons. The number of nitrogens with zero attached hydrogens (tertiary/aromatic N) is 2. The van der Waals surface area contributed by atoms with Crippen molar-refractivity contribution in [3.8, 4) is 0 Å². The molecule has 0 amide bonds. The van der Waals surface area contributed by atoms with E-state index in [1.54, 1.807) is 0 Å². The summed E-state index contributed by atoms with van der Waals surface area (Å²) in [4.78, 5) is 5.17. The highest BCUT2D eigenvalue weighted by Crippen LogP contribution is 2.29. The van der Waals surface area contributed by atoms with E-state index in [1.807, 2.05) is 12.1 Å². The lowest BCUT2D eigenvalue weighted by Crippen LogP contribution is -2.44. The quantitative estimate of drug-likeness (QED) is 0.767. The van der Waals surface area contributed by atoms with Gasteiger partial charge in [0.1, 0.15) is 0 Å². The van der Waals surface area contributed by atoms with Crippen molar-refractivity contribution in [1.29, 1.82) is 0 Å². The van der Waals surface area contributed by atoms with Gasteiger partial charge in [-0.1, -0.05) is 30.2 Å². The summed E-state index contributed by atoms with van der Waals surface area (Å²) in [7, 11) is 0. The highest BCUT2D eigenvalue weighted by Gasteiger charge is 2.27. The first kappa shape index (κ1) is 12.3. The number of hydrogen-bond acceptors (Lipinski definition) is 2. The first-order valence-corrected chi connectivity index (χ1v) is 7.46. The summed E-state index contributed by atoms with van der Waals surface area (Å²) in [5.41, 5.74) is 1.21. The fourth-order valence-electron chi connectivity index (χ4n) is 3.30. The van der Waals surface area contributed by atoms with Gasteiger partial charge in [0.15, 0.2) is 0 Å². The Morgan fingerprint density at radius 2 is 1.83 bits per heavy atom. The van der Waals surface area contributed by atoms with Crippen LogP contribution in [0.3, 0.4) is 0 Å². The van der Waals surface area contributed by atoms with E-state index in [9.17, 15) is 0 Å². The molecular weight excluding hydrogens is 244 g/mol. The number of hydrogen-bond donors (Lipinski definition) is 0. The number of fused-ring (bicyclic) bond motifs is 1. The monoisotopic (exact) mass is 264 g/mol. The van der Waals surface area contributed by atoms with Crippen molar-refractivity contribution in [3.05, 3.63) is 29.3 Å². The first-order chi connectivity index (χ1) is 8.84. The summed E-state index contributed by atoms with van der Waals surface area (Å²) >= 11 is 6.33. The third-order valence-electron chi connectivity index (χ3n) is 4.25. The van der Waals surface area contributed by atoms with Gasteiger partial charge in [-0.25, -0.2) is 0 Å². The number of benzene rings is 1. The molecule has 0 N–H and O–H groups in total. The van der Waals surface area contributed by atoms with Crippen molar-refractivity contribution in [2.24, 2.45) is 0 Å². The number of anilines is 1. The average Bonchev–Trinajstić information content (AvgIpc) is 2.61. The molecule has 0 saturated carbocycles. The van der Waals surface area contributed by atoms with E-state index in [-0.39, 0.29) is 0 Å². The smallest absolute Gasteiger partial charge is 0.0639 e. The minimum atomic E-state index is 0.734. The third kappa shape index (κ3) is 2.50. The fourth-order valence-corrected chi connectivity index (χ4v) is 3.55. The van der Waals surface area contributed by atoms with Crippen LogP contribution in [0.15, 0.2) is 24.3 Å². The lowest BCUT2D eigenvalue weighted by Gasteiger charge is -2.36. The van der Waals surface area contributed by atoms with E-state index in [0.717, 1.165) is 24.2 Å². The molecule has 0 aliphatic carbocycles. The van der Waals surface area contributed by atoms with Gasteiger partial charge in [-0.15, -0.1) is 0 Å². The highest BCUT2D eigenvalue weighted by atomic mass is 35.5. The molecule has 2 aliphatic rings. The van der Waals surface area contributed by atoms with E-state index in [2.05, 4.69) is 21.9 Å². The second-order valence-electron chi connectivity index (χ2n) is 5.44. The maximum Gasteiger partial charge on any atom is 0.0639 e. The van der Waals surface area contributed by atoms with E-state index >= 15 is 0 Å². The maximum absolute atomic E-state index is 6.33. The fraction of sp³-hybridized carbons (Fsp3) is 0.600. The van der Waals surface area contributed by atoms with Crippen LogP contribution in [0.2, 0.25) is 5.02 Å². The van der Waals surface area contributed by atoms with Gasteiger partial charge in [0.05, 0.1) is 10.7 Å². The third-order valence-corrected chi connectivity index (χ3v) is 4.57. The summed E-state index contributed by atoms with van der Waals surface area (Å²) < 4.78 is 0. The van der Waals surface area contributed by atoms with Crippen molar-refractivity contribution in [3.63, 3.8) is 0 Å². The molecule has 3 heteroatoms. The molecule has 0 aromatic heterocycles. The Hall–Kier alpha value is -0.730. The summed E-state index contributed by atoms with van der Waals surface area (Å²) in [6.07, 6.45) is 5.36. The molecule has 2 saturated heterocycles. The molecule has 98 valence electrons. The van der Waals surface area contributed by atoms with Gasteiger partial charge < -0.3 is 4.90 Å². The Labute approximate surface area is 115 Å². The maximum atomic E-state index is 6.33. The SMILES string of the molecule is Clc1ccccc1N1CCCN2CCCCC2C1. The van der Waals surface area contributed by atoms with Crippen molar-refractivity contribution >= 4 is 17.3 Å². The molecule has 1 atom stereocenters. The number of rotatable bonds is 1. The van der Waals surface area contributed by atoms with E-state index in [4.69, 9.17) is 11.6 Å². The Bertz CT molecular complexity index is 407. The Kier molecular flexibility index (Phi) is 3.76. The number of piperidine rings is 1. The van der Waals surface area contributed by atoms with Crippen molar-refractivity contribution in [2.75, 3.05) is 31.1 Å². The predicted molar refractivity (Wildman–Crippen MR) is 77.5 cm³/mol. The van der Waals surface area contributed by atoms with Crippen LogP contribution in [0.25, 0.3) is 0 Å². The predicted octanol–water partition coefficient (Wildman–Crippen LogP) is 3.40. The van der Waals surface area contributed by atoms with Crippen LogP contribution in [-0.2, 0) is 0 Å². The number of para-hydroxylation sites is 1. The van der Waals surface area contributed by atoms with Crippen LogP contribution in [0.1, 0.15) is 25.7 Å². The average molecular weight is 265 g/mol. The molecule has 1 aromatic rings. The van der Waals surface area contributed by atoms with Crippen molar-refractivity contribution in [1.82, 2.24) is 4.90 Å². The lowest BCUT2D eigenvalue weighted by atomic mass is 10.0. The van der Waals surface area contributed by atoms with E-state index < -0.39 is 0 Å². The van der Waals surface area contributed by atoms with E-state index in [0.29, 0.717) is 0 Å². The summed E-state index contributed by atoms with van der Waals surface area (Å²) in [6.45, 7) is 4.83. The molecule has 0 bridgehead atoms.